The maximum atomic E-state index is 8.79. The molecule has 18 heavy (non-hydrogen) atoms. The van der Waals surface area contributed by atoms with Gasteiger partial charge in [0.05, 0.1) is 0 Å². The van der Waals surface area contributed by atoms with E-state index in [1.807, 2.05) is 6.92 Å². The van der Waals surface area contributed by atoms with Crippen LogP contribution in [-0.2, 0) is 13.0 Å². The topological polar surface area (TPSA) is 50.9 Å². The third-order valence-electron chi connectivity index (χ3n) is 2.60. The summed E-state index contributed by atoms with van der Waals surface area (Å²) in [6.45, 7) is 3.13. The van der Waals surface area contributed by atoms with E-state index in [2.05, 4.69) is 32.3 Å². The minimum absolute atomic E-state index is 0.231. The lowest BCUT2D eigenvalue weighted by Crippen LogP contribution is -2.05. The molecule has 0 amide bonds. The first-order valence-corrected chi connectivity index (χ1v) is 7.83. The highest BCUT2D eigenvalue weighted by Crippen LogP contribution is 2.19. The number of aliphatic hydroxyl groups is 1. The lowest BCUT2D eigenvalue weighted by Gasteiger charge is -2.07. The van der Waals surface area contributed by atoms with Crippen LogP contribution in [0.5, 0.6) is 0 Å². The summed E-state index contributed by atoms with van der Waals surface area (Å²) in [5.41, 5.74) is 0. The molecule has 6 heteroatoms. The van der Waals surface area contributed by atoms with Gasteiger partial charge in [0.15, 0.2) is 5.16 Å². The Morgan fingerprint density at radius 2 is 2.33 bits per heavy atom. The van der Waals surface area contributed by atoms with E-state index in [0.717, 1.165) is 36.1 Å². The van der Waals surface area contributed by atoms with Gasteiger partial charge in [0, 0.05) is 23.8 Å². The Hall–Kier alpha value is -0.850. The third-order valence-corrected chi connectivity index (χ3v) is 4.59. The molecule has 0 saturated heterocycles. The Morgan fingerprint density at radius 1 is 1.44 bits per heavy atom. The standard InChI is InChI=1S/C12H17N3OS2/c1-10-13-14-12(18-9-3-7-16)15(10)6-5-11-4-2-8-17-11/h2,4,8,16H,3,5-7,9H2,1H3. The molecule has 0 bridgehead atoms. The van der Waals surface area contributed by atoms with E-state index < -0.39 is 0 Å². The summed E-state index contributed by atoms with van der Waals surface area (Å²) in [4.78, 5) is 1.38. The van der Waals surface area contributed by atoms with E-state index in [4.69, 9.17) is 5.11 Å². The Kier molecular flexibility index (Phi) is 5.22. The predicted molar refractivity (Wildman–Crippen MR) is 75.2 cm³/mol. The Labute approximate surface area is 115 Å². The molecule has 2 aromatic rings. The second kappa shape index (κ2) is 6.92. The van der Waals surface area contributed by atoms with Crippen molar-refractivity contribution < 1.29 is 5.11 Å². The molecule has 98 valence electrons. The van der Waals surface area contributed by atoms with Gasteiger partial charge in [-0.1, -0.05) is 17.8 Å². The molecule has 0 aliphatic heterocycles. The molecule has 0 fully saturated rings. The molecule has 0 aromatic carbocycles. The number of aromatic nitrogens is 3. The van der Waals surface area contributed by atoms with Crippen molar-refractivity contribution in [3.8, 4) is 0 Å². The molecule has 4 nitrogen and oxygen atoms in total. The van der Waals surface area contributed by atoms with Gasteiger partial charge < -0.3 is 9.67 Å². The molecule has 2 heterocycles. The van der Waals surface area contributed by atoms with Crippen molar-refractivity contribution in [3.63, 3.8) is 0 Å². The van der Waals surface area contributed by atoms with Crippen LogP contribution in [0.2, 0.25) is 0 Å². The molecule has 0 aliphatic rings. The molecule has 0 atom stereocenters. The van der Waals surface area contributed by atoms with Crippen molar-refractivity contribution >= 4 is 23.1 Å². The average Bonchev–Trinajstić information content (AvgIpc) is 2.98. The summed E-state index contributed by atoms with van der Waals surface area (Å²) in [6.07, 6.45) is 1.81. The second-order valence-electron chi connectivity index (χ2n) is 3.94. The number of thioether (sulfide) groups is 1. The number of aliphatic hydroxyl groups excluding tert-OH is 1. The van der Waals surface area contributed by atoms with E-state index >= 15 is 0 Å². The SMILES string of the molecule is Cc1nnc(SCCCO)n1CCc1cccs1. The molecule has 0 unspecified atom stereocenters. The first-order chi connectivity index (χ1) is 8.81. The normalized spacial score (nSPS) is 11.0. The molecule has 0 aliphatic carbocycles. The quantitative estimate of drug-likeness (QED) is 0.626. The minimum atomic E-state index is 0.231. The molecule has 0 radical (unpaired) electrons. The zero-order chi connectivity index (χ0) is 12.8. The molecule has 0 spiro atoms. The highest BCUT2D eigenvalue weighted by molar-refractivity contribution is 7.99. The number of hydrogen-bond acceptors (Lipinski definition) is 5. The largest absolute Gasteiger partial charge is 0.396 e. The predicted octanol–water partition coefficient (Wildman–Crippen LogP) is 2.37. The highest BCUT2D eigenvalue weighted by atomic mass is 32.2. The van der Waals surface area contributed by atoms with Crippen molar-refractivity contribution in [2.45, 2.75) is 31.5 Å². The maximum Gasteiger partial charge on any atom is 0.191 e. The van der Waals surface area contributed by atoms with Gasteiger partial charge in [-0.3, -0.25) is 0 Å². The van der Waals surface area contributed by atoms with Crippen LogP contribution in [0, 0.1) is 6.92 Å². The van der Waals surface area contributed by atoms with Crippen LogP contribution >= 0.6 is 23.1 Å². The average molecular weight is 283 g/mol. The summed E-state index contributed by atoms with van der Waals surface area (Å²) in [7, 11) is 0. The van der Waals surface area contributed by atoms with Crippen LogP contribution in [-0.4, -0.2) is 32.2 Å². The zero-order valence-corrected chi connectivity index (χ0v) is 12.0. The van der Waals surface area contributed by atoms with E-state index in [0.29, 0.717) is 0 Å². The zero-order valence-electron chi connectivity index (χ0n) is 10.4. The Morgan fingerprint density at radius 3 is 3.06 bits per heavy atom. The van der Waals surface area contributed by atoms with Crippen molar-refractivity contribution in [3.05, 3.63) is 28.2 Å². The monoisotopic (exact) mass is 283 g/mol. The van der Waals surface area contributed by atoms with Crippen molar-refractivity contribution in [2.24, 2.45) is 0 Å². The van der Waals surface area contributed by atoms with Crippen LogP contribution in [0.3, 0.4) is 0 Å². The van der Waals surface area contributed by atoms with Crippen LogP contribution in [0.15, 0.2) is 22.7 Å². The lowest BCUT2D eigenvalue weighted by atomic mass is 10.3. The maximum absolute atomic E-state index is 8.79. The van der Waals surface area contributed by atoms with E-state index in [9.17, 15) is 0 Å². The molecule has 1 N–H and O–H groups in total. The highest BCUT2D eigenvalue weighted by Gasteiger charge is 2.09. The first-order valence-electron chi connectivity index (χ1n) is 5.97. The molecule has 2 aromatic heterocycles. The van der Waals surface area contributed by atoms with Gasteiger partial charge in [-0.15, -0.1) is 21.5 Å². The number of aryl methyl sites for hydroxylation is 2. The summed E-state index contributed by atoms with van der Waals surface area (Å²) in [5, 5.41) is 20.2. The number of hydrogen-bond donors (Lipinski definition) is 1. The molecular formula is C12H17N3OS2. The van der Waals surface area contributed by atoms with Gasteiger partial charge in [0.1, 0.15) is 5.82 Å². The lowest BCUT2D eigenvalue weighted by molar-refractivity contribution is 0.296. The molecular weight excluding hydrogens is 266 g/mol. The van der Waals surface area contributed by atoms with Crippen LogP contribution in [0.1, 0.15) is 17.1 Å². The van der Waals surface area contributed by atoms with Crippen molar-refractivity contribution in [1.82, 2.24) is 14.8 Å². The minimum Gasteiger partial charge on any atom is -0.396 e. The molecule has 2 rings (SSSR count). The third kappa shape index (κ3) is 3.57. The Balaban J connectivity index is 1.95. The fraction of sp³-hybridized carbons (Fsp3) is 0.500. The number of thiophene rings is 1. The number of nitrogens with zero attached hydrogens (tertiary/aromatic N) is 3. The fourth-order valence-corrected chi connectivity index (χ4v) is 3.26. The van der Waals surface area contributed by atoms with Gasteiger partial charge in [-0.2, -0.15) is 0 Å². The summed E-state index contributed by atoms with van der Waals surface area (Å²) >= 11 is 3.45. The van der Waals surface area contributed by atoms with Crippen molar-refractivity contribution in [2.75, 3.05) is 12.4 Å². The van der Waals surface area contributed by atoms with E-state index in [-0.39, 0.29) is 6.61 Å². The summed E-state index contributed by atoms with van der Waals surface area (Å²) in [5.74, 6) is 1.84. The van der Waals surface area contributed by atoms with Gasteiger partial charge in [-0.05, 0) is 31.2 Å². The second-order valence-corrected chi connectivity index (χ2v) is 6.03. The van der Waals surface area contributed by atoms with Gasteiger partial charge in [0.25, 0.3) is 0 Å². The molecule has 0 saturated carbocycles. The van der Waals surface area contributed by atoms with Gasteiger partial charge in [-0.25, -0.2) is 0 Å². The number of rotatable bonds is 7. The summed E-state index contributed by atoms with van der Waals surface area (Å²) in [6, 6.07) is 4.23. The van der Waals surface area contributed by atoms with E-state index in [1.54, 1.807) is 23.1 Å². The Bertz CT molecular complexity index is 468. The van der Waals surface area contributed by atoms with Crippen LogP contribution in [0.4, 0.5) is 0 Å². The first kappa shape index (κ1) is 13.6. The van der Waals surface area contributed by atoms with Gasteiger partial charge in [0.2, 0.25) is 0 Å². The smallest absolute Gasteiger partial charge is 0.191 e. The van der Waals surface area contributed by atoms with Crippen LogP contribution < -0.4 is 0 Å². The van der Waals surface area contributed by atoms with Crippen molar-refractivity contribution in [1.29, 1.82) is 0 Å². The van der Waals surface area contributed by atoms with Crippen LogP contribution in [0.25, 0.3) is 0 Å². The summed E-state index contributed by atoms with van der Waals surface area (Å²) < 4.78 is 2.15. The fourth-order valence-electron chi connectivity index (χ4n) is 1.63. The van der Waals surface area contributed by atoms with Gasteiger partial charge >= 0.3 is 0 Å². The van der Waals surface area contributed by atoms with E-state index in [1.165, 1.54) is 4.88 Å².